The van der Waals surface area contributed by atoms with E-state index in [9.17, 15) is 0 Å². The summed E-state index contributed by atoms with van der Waals surface area (Å²) in [6, 6.07) is 0.861. The number of hydrogen-bond donors (Lipinski definition) is 0. The lowest BCUT2D eigenvalue weighted by atomic mass is 9.79. The zero-order chi connectivity index (χ0) is 10.5. The van der Waals surface area contributed by atoms with Crippen molar-refractivity contribution in [1.29, 1.82) is 0 Å². The SMILES string of the molecule is CN1CCC(N2CCC3(CN(C)C3)C2)C1. The van der Waals surface area contributed by atoms with Crippen molar-refractivity contribution in [3.8, 4) is 0 Å². The topological polar surface area (TPSA) is 9.72 Å². The van der Waals surface area contributed by atoms with E-state index < -0.39 is 0 Å². The minimum Gasteiger partial charge on any atom is -0.305 e. The van der Waals surface area contributed by atoms with Gasteiger partial charge in [-0.25, -0.2) is 0 Å². The van der Waals surface area contributed by atoms with Gasteiger partial charge in [-0.05, 0) is 40.0 Å². The molecular weight excluding hydrogens is 186 g/mol. The Balaban J connectivity index is 1.57. The average molecular weight is 209 g/mol. The Labute approximate surface area is 93.0 Å². The fourth-order valence-corrected chi connectivity index (χ4v) is 3.85. The summed E-state index contributed by atoms with van der Waals surface area (Å²) in [7, 11) is 4.50. The van der Waals surface area contributed by atoms with Gasteiger partial charge in [0.2, 0.25) is 0 Å². The van der Waals surface area contributed by atoms with Crippen LogP contribution in [0.1, 0.15) is 12.8 Å². The van der Waals surface area contributed by atoms with Gasteiger partial charge in [-0.15, -0.1) is 0 Å². The Morgan fingerprint density at radius 3 is 2.40 bits per heavy atom. The Hall–Kier alpha value is -0.120. The molecule has 3 aliphatic heterocycles. The van der Waals surface area contributed by atoms with Crippen LogP contribution in [0.15, 0.2) is 0 Å². The molecular formula is C12H23N3. The van der Waals surface area contributed by atoms with Crippen LogP contribution in [0, 0.1) is 5.41 Å². The van der Waals surface area contributed by atoms with E-state index in [1.54, 1.807) is 0 Å². The summed E-state index contributed by atoms with van der Waals surface area (Å²) in [6.45, 7) is 8.00. The van der Waals surface area contributed by atoms with Crippen molar-refractivity contribution in [2.75, 3.05) is 53.4 Å². The van der Waals surface area contributed by atoms with Gasteiger partial charge in [-0.1, -0.05) is 0 Å². The maximum atomic E-state index is 2.76. The first kappa shape index (κ1) is 10.1. The summed E-state index contributed by atoms with van der Waals surface area (Å²) in [6.07, 6.45) is 2.83. The van der Waals surface area contributed by atoms with E-state index in [-0.39, 0.29) is 0 Å². The Morgan fingerprint density at radius 1 is 1.00 bits per heavy atom. The molecule has 0 aliphatic carbocycles. The number of rotatable bonds is 1. The minimum absolute atomic E-state index is 0.690. The summed E-state index contributed by atoms with van der Waals surface area (Å²) in [5.41, 5.74) is 0.690. The first-order valence-corrected chi connectivity index (χ1v) is 6.28. The predicted molar refractivity (Wildman–Crippen MR) is 62.0 cm³/mol. The van der Waals surface area contributed by atoms with E-state index in [4.69, 9.17) is 0 Å². The first-order valence-electron chi connectivity index (χ1n) is 6.28. The Bertz CT molecular complexity index is 247. The van der Waals surface area contributed by atoms with Gasteiger partial charge in [0.05, 0.1) is 0 Å². The monoisotopic (exact) mass is 209 g/mol. The summed E-state index contributed by atoms with van der Waals surface area (Å²) in [5.74, 6) is 0. The van der Waals surface area contributed by atoms with Gasteiger partial charge >= 0.3 is 0 Å². The maximum absolute atomic E-state index is 2.76. The smallest absolute Gasteiger partial charge is 0.0235 e. The van der Waals surface area contributed by atoms with Crippen LogP contribution in [-0.4, -0.2) is 74.1 Å². The van der Waals surface area contributed by atoms with Gasteiger partial charge in [-0.2, -0.15) is 0 Å². The highest BCUT2D eigenvalue weighted by atomic mass is 15.3. The van der Waals surface area contributed by atoms with Crippen LogP contribution in [-0.2, 0) is 0 Å². The highest BCUT2D eigenvalue weighted by Crippen LogP contribution is 2.39. The van der Waals surface area contributed by atoms with Gasteiger partial charge < -0.3 is 9.80 Å². The molecule has 3 aliphatic rings. The van der Waals surface area contributed by atoms with E-state index in [1.807, 2.05) is 0 Å². The largest absolute Gasteiger partial charge is 0.305 e. The van der Waals surface area contributed by atoms with Crippen LogP contribution in [0.5, 0.6) is 0 Å². The van der Waals surface area contributed by atoms with Crippen LogP contribution in [0.4, 0.5) is 0 Å². The lowest BCUT2D eigenvalue weighted by Gasteiger charge is -2.46. The maximum Gasteiger partial charge on any atom is 0.0235 e. The molecule has 3 nitrogen and oxygen atoms in total. The average Bonchev–Trinajstić information content (AvgIpc) is 2.71. The molecule has 0 N–H and O–H groups in total. The van der Waals surface area contributed by atoms with Gasteiger partial charge in [0.15, 0.2) is 0 Å². The summed E-state index contributed by atoms with van der Waals surface area (Å²) >= 11 is 0. The molecule has 0 saturated carbocycles. The molecule has 0 aromatic carbocycles. The molecule has 1 spiro atoms. The zero-order valence-electron chi connectivity index (χ0n) is 10.1. The summed E-state index contributed by atoms with van der Waals surface area (Å²) in [5, 5.41) is 0. The van der Waals surface area contributed by atoms with Crippen LogP contribution < -0.4 is 0 Å². The van der Waals surface area contributed by atoms with Crippen LogP contribution in [0.3, 0.4) is 0 Å². The van der Waals surface area contributed by atoms with E-state index >= 15 is 0 Å². The molecule has 3 rings (SSSR count). The summed E-state index contributed by atoms with van der Waals surface area (Å²) in [4.78, 5) is 7.70. The van der Waals surface area contributed by atoms with Crippen molar-refractivity contribution in [1.82, 2.24) is 14.7 Å². The van der Waals surface area contributed by atoms with Crippen LogP contribution in [0.2, 0.25) is 0 Å². The highest BCUT2D eigenvalue weighted by Gasteiger charge is 2.47. The third kappa shape index (κ3) is 1.71. The molecule has 3 heterocycles. The number of likely N-dealkylation sites (N-methyl/N-ethyl adjacent to an activating group) is 1. The number of likely N-dealkylation sites (tertiary alicyclic amines) is 3. The molecule has 0 amide bonds. The second-order valence-electron chi connectivity index (χ2n) is 6.10. The van der Waals surface area contributed by atoms with Crippen molar-refractivity contribution in [3.05, 3.63) is 0 Å². The molecule has 15 heavy (non-hydrogen) atoms. The lowest BCUT2D eigenvalue weighted by molar-refractivity contribution is 0.0269. The van der Waals surface area contributed by atoms with Crippen molar-refractivity contribution in [2.24, 2.45) is 5.41 Å². The van der Waals surface area contributed by atoms with Crippen molar-refractivity contribution in [2.45, 2.75) is 18.9 Å². The fourth-order valence-electron chi connectivity index (χ4n) is 3.85. The Morgan fingerprint density at radius 2 is 1.80 bits per heavy atom. The molecule has 3 saturated heterocycles. The van der Waals surface area contributed by atoms with Gasteiger partial charge in [0.25, 0.3) is 0 Å². The third-order valence-electron chi connectivity index (χ3n) is 4.56. The third-order valence-corrected chi connectivity index (χ3v) is 4.56. The van der Waals surface area contributed by atoms with Gasteiger partial charge in [0, 0.05) is 37.6 Å². The van der Waals surface area contributed by atoms with Gasteiger partial charge in [0.1, 0.15) is 0 Å². The standard InChI is InChI=1S/C12H23N3/c1-13-5-3-11(7-13)15-6-4-12(10-15)8-14(2)9-12/h11H,3-10H2,1-2H3. The highest BCUT2D eigenvalue weighted by molar-refractivity contribution is 5.02. The molecule has 86 valence electrons. The minimum atomic E-state index is 0.690. The van der Waals surface area contributed by atoms with Crippen molar-refractivity contribution >= 4 is 0 Å². The molecule has 3 heteroatoms. The quantitative estimate of drug-likeness (QED) is 0.616. The normalized spacial score (nSPS) is 37.6. The lowest BCUT2D eigenvalue weighted by Crippen LogP contribution is -2.56. The van der Waals surface area contributed by atoms with Crippen LogP contribution in [0.25, 0.3) is 0 Å². The van der Waals surface area contributed by atoms with E-state index in [0.29, 0.717) is 5.41 Å². The number of nitrogens with zero attached hydrogens (tertiary/aromatic N) is 3. The molecule has 0 aromatic rings. The Kier molecular flexibility index (Phi) is 2.31. The van der Waals surface area contributed by atoms with Gasteiger partial charge in [-0.3, -0.25) is 4.90 Å². The molecule has 0 aromatic heterocycles. The molecule has 0 radical (unpaired) electrons. The van der Waals surface area contributed by atoms with E-state index in [2.05, 4.69) is 28.8 Å². The predicted octanol–water partition coefficient (Wildman–Crippen LogP) is 0.328. The van der Waals surface area contributed by atoms with E-state index in [0.717, 1.165) is 6.04 Å². The molecule has 3 fully saturated rings. The van der Waals surface area contributed by atoms with Crippen molar-refractivity contribution < 1.29 is 0 Å². The molecule has 1 atom stereocenters. The summed E-state index contributed by atoms with van der Waals surface area (Å²) < 4.78 is 0. The van der Waals surface area contributed by atoms with Crippen molar-refractivity contribution in [3.63, 3.8) is 0 Å². The zero-order valence-corrected chi connectivity index (χ0v) is 10.1. The second-order valence-corrected chi connectivity index (χ2v) is 6.10. The second kappa shape index (κ2) is 3.44. The first-order chi connectivity index (χ1) is 7.17. The molecule has 0 bridgehead atoms. The van der Waals surface area contributed by atoms with Crippen LogP contribution >= 0.6 is 0 Å². The molecule has 1 unspecified atom stereocenters. The van der Waals surface area contributed by atoms with E-state index in [1.165, 1.54) is 52.1 Å². The number of hydrogen-bond acceptors (Lipinski definition) is 3. The fraction of sp³-hybridized carbons (Fsp3) is 1.00.